The highest BCUT2D eigenvalue weighted by molar-refractivity contribution is 8.00. The maximum absolute atomic E-state index is 5.73. The number of nitrogens with one attached hydrogen (secondary N) is 1. The number of hydrogen-bond acceptors (Lipinski definition) is 3. The molecule has 0 bridgehead atoms. The first-order chi connectivity index (χ1) is 8.24. The third-order valence-corrected chi connectivity index (χ3v) is 4.51. The van der Waals surface area contributed by atoms with Gasteiger partial charge in [-0.1, -0.05) is 32.9 Å². The van der Waals surface area contributed by atoms with Crippen LogP contribution in [0.1, 0.15) is 49.1 Å². The zero-order valence-corrected chi connectivity index (χ0v) is 13.2. The lowest BCUT2D eigenvalue weighted by molar-refractivity contribution is 0.604. The molecule has 1 unspecified atom stereocenters. The highest BCUT2D eigenvalue weighted by Gasteiger charge is 2.18. The Labute approximate surface area is 116 Å². The van der Waals surface area contributed by atoms with Gasteiger partial charge in [0, 0.05) is 10.5 Å². The molecule has 2 nitrogen and oxygen atoms in total. The summed E-state index contributed by atoms with van der Waals surface area (Å²) in [7, 11) is 0. The van der Waals surface area contributed by atoms with Gasteiger partial charge in [0.2, 0.25) is 0 Å². The molecule has 0 fully saturated rings. The first kappa shape index (κ1) is 15.5. The molecule has 0 aliphatic carbocycles. The summed E-state index contributed by atoms with van der Waals surface area (Å²) in [6.07, 6.45) is 0. The van der Waals surface area contributed by atoms with Crippen LogP contribution in [-0.4, -0.2) is 10.5 Å². The molecule has 3 N–H and O–H groups in total. The van der Waals surface area contributed by atoms with Gasteiger partial charge in [0.15, 0.2) is 0 Å². The van der Waals surface area contributed by atoms with Crippen molar-refractivity contribution in [1.29, 1.82) is 0 Å². The van der Waals surface area contributed by atoms with Crippen LogP contribution in [0.5, 0.6) is 0 Å². The fourth-order valence-corrected chi connectivity index (χ4v) is 2.86. The van der Waals surface area contributed by atoms with Gasteiger partial charge in [0.25, 0.3) is 0 Å². The molecular weight excluding hydrogens is 240 g/mol. The third kappa shape index (κ3) is 4.30. The van der Waals surface area contributed by atoms with Crippen molar-refractivity contribution < 1.29 is 0 Å². The second-order valence-electron chi connectivity index (χ2n) is 5.94. The molecule has 102 valence electrons. The Balaban J connectivity index is 2.92. The van der Waals surface area contributed by atoms with Crippen molar-refractivity contribution >= 4 is 11.8 Å². The molecule has 0 spiro atoms. The van der Waals surface area contributed by atoms with Gasteiger partial charge in [0.1, 0.15) is 0 Å². The third-order valence-electron chi connectivity index (χ3n) is 3.14. The molecular formula is C15H26N2S. The predicted molar refractivity (Wildman–Crippen MR) is 82.9 cm³/mol. The molecule has 3 heteroatoms. The molecule has 18 heavy (non-hydrogen) atoms. The monoisotopic (exact) mass is 266 g/mol. The number of nitrogens with two attached hydrogens (primary N) is 1. The van der Waals surface area contributed by atoms with Gasteiger partial charge in [-0.15, -0.1) is 0 Å². The lowest BCUT2D eigenvalue weighted by Crippen LogP contribution is -2.31. The minimum atomic E-state index is 0.216. The molecule has 0 amide bonds. The molecule has 1 rings (SSSR count). The lowest BCUT2D eigenvalue weighted by Gasteiger charge is -2.24. The second kappa shape index (κ2) is 6.09. The van der Waals surface area contributed by atoms with Crippen LogP contribution in [0.3, 0.4) is 0 Å². The van der Waals surface area contributed by atoms with Crippen LogP contribution in [-0.2, 0) is 0 Å². The summed E-state index contributed by atoms with van der Waals surface area (Å²) >= 11 is 1.94. The van der Waals surface area contributed by atoms with Crippen LogP contribution >= 0.6 is 11.8 Å². The van der Waals surface area contributed by atoms with E-state index < -0.39 is 0 Å². The van der Waals surface area contributed by atoms with Crippen molar-refractivity contribution in [3.05, 3.63) is 34.4 Å². The Kier molecular flexibility index (Phi) is 5.26. The maximum Gasteiger partial charge on any atom is 0.0553 e. The maximum atomic E-state index is 5.73. The van der Waals surface area contributed by atoms with Crippen molar-refractivity contribution in [2.45, 2.75) is 52.3 Å². The van der Waals surface area contributed by atoms with E-state index in [9.17, 15) is 0 Å². The Bertz CT molecular complexity index is 408. The Hall–Kier alpha value is -0.510. The van der Waals surface area contributed by atoms with E-state index in [0.29, 0.717) is 0 Å². The number of benzene rings is 1. The van der Waals surface area contributed by atoms with E-state index in [1.807, 2.05) is 11.8 Å². The predicted octanol–water partition coefficient (Wildman–Crippen LogP) is 3.65. The van der Waals surface area contributed by atoms with E-state index in [-0.39, 0.29) is 10.8 Å². The van der Waals surface area contributed by atoms with Crippen molar-refractivity contribution in [3.8, 4) is 0 Å². The van der Waals surface area contributed by atoms with Crippen LogP contribution < -0.4 is 11.3 Å². The second-order valence-corrected chi connectivity index (χ2v) is 7.78. The van der Waals surface area contributed by atoms with Crippen LogP contribution in [0, 0.1) is 20.8 Å². The molecule has 1 aromatic rings. The average molecular weight is 266 g/mol. The fourth-order valence-electron chi connectivity index (χ4n) is 1.92. The Morgan fingerprint density at radius 1 is 1.11 bits per heavy atom. The number of rotatable bonds is 4. The average Bonchev–Trinajstić information content (AvgIpc) is 2.24. The van der Waals surface area contributed by atoms with Gasteiger partial charge < -0.3 is 0 Å². The van der Waals surface area contributed by atoms with Gasteiger partial charge in [0.05, 0.1) is 6.04 Å². The van der Waals surface area contributed by atoms with Gasteiger partial charge >= 0.3 is 0 Å². The van der Waals surface area contributed by atoms with Crippen molar-refractivity contribution in [1.82, 2.24) is 5.43 Å². The minimum absolute atomic E-state index is 0.216. The molecule has 1 aromatic carbocycles. The standard InChI is InChI=1S/C15H26N2S/c1-10-7-12(3)13(8-11(10)2)14(17-16)9-18-15(4,5)6/h7-8,14,17H,9,16H2,1-6H3. The highest BCUT2D eigenvalue weighted by atomic mass is 32.2. The number of hydrogen-bond donors (Lipinski definition) is 2. The van der Waals surface area contributed by atoms with Gasteiger partial charge in [-0.2, -0.15) is 11.8 Å². The van der Waals surface area contributed by atoms with Crippen LogP contribution in [0.25, 0.3) is 0 Å². The lowest BCUT2D eigenvalue weighted by atomic mass is 9.97. The van der Waals surface area contributed by atoms with E-state index in [4.69, 9.17) is 5.84 Å². The normalized spacial score (nSPS) is 13.7. The number of thioether (sulfide) groups is 1. The van der Waals surface area contributed by atoms with Crippen molar-refractivity contribution in [2.24, 2.45) is 5.84 Å². The van der Waals surface area contributed by atoms with E-state index in [2.05, 4.69) is 59.1 Å². The van der Waals surface area contributed by atoms with Crippen LogP contribution in [0.2, 0.25) is 0 Å². The zero-order valence-electron chi connectivity index (χ0n) is 12.4. The van der Waals surface area contributed by atoms with Crippen molar-refractivity contribution in [3.63, 3.8) is 0 Å². The van der Waals surface area contributed by atoms with Gasteiger partial charge in [-0.3, -0.25) is 11.3 Å². The van der Waals surface area contributed by atoms with Crippen molar-refractivity contribution in [2.75, 3.05) is 5.75 Å². The fraction of sp³-hybridized carbons (Fsp3) is 0.600. The zero-order chi connectivity index (χ0) is 13.9. The summed E-state index contributed by atoms with van der Waals surface area (Å²) < 4.78 is 0.267. The first-order valence-corrected chi connectivity index (χ1v) is 7.41. The summed E-state index contributed by atoms with van der Waals surface area (Å²) in [6.45, 7) is 13.2. The van der Waals surface area contributed by atoms with E-state index in [0.717, 1.165) is 5.75 Å². The summed E-state index contributed by atoms with van der Waals surface area (Å²) in [6, 6.07) is 4.73. The molecule has 0 aliphatic heterocycles. The minimum Gasteiger partial charge on any atom is -0.271 e. The molecule has 0 heterocycles. The summed E-state index contributed by atoms with van der Waals surface area (Å²) in [5.41, 5.74) is 8.26. The molecule has 0 radical (unpaired) electrons. The highest BCUT2D eigenvalue weighted by Crippen LogP contribution is 2.30. The first-order valence-electron chi connectivity index (χ1n) is 6.42. The molecule has 0 saturated heterocycles. The molecule has 0 aliphatic rings. The summed E-state index contributed by atoms with van der Waals surface area (Å²) in [5.74, 6) is 6.72. The number of hydrazine groups is 1. The summed E-state index contributed by atoms with van der Waals surface area (Å²) in [5, 5.41) is 0. The molecule has 0 aromatic heterocycles. The quantitative estimate of drug-likeness (QED) is 0.645. The Morgan fingerprint density at radius 3 is 2.17 bits per heavy atom. The smallest absolute Gasteiger partial charge is 0.0553 e. The van der Waals surface area contributed by atoms with E-state index >= 15 is 0 Å². The van der Waals surface area contributed by atoms with Gasteiger partial charge in [-0.05, 0) is 43.0 Å². The SMILES string of the molecule is Cc1cc(C)c(C(CSC(C)(C)C)NN)cc1C. The van der Waals surface area contributed by atoms with E-state index in [1.54, 1.807) is 0 Å². The molecule has 1 atom stereocenters. The number of aryl methyl sites for hydroxylation is 3. The topological polar surface area (TPSA) is 38.0 Å². The Morgan fingerprint density at radius 2 is 1.67 bits per heavy atom. The van der Waals surface area contributed by atoms with Gasteiger partial charge in [-0.25, -0.2) is 0 Å². The van der Waals surface area contributed by atoms with E-state index in [1.165, 1.54) is 22.3 Å². The van der Waals surface area contributed by atoms with Crippen LogP contribution in [0.4, 0.5) is 0 Å². The largest absolute Gasteiger partial charge is 0.271 e. The van der Waals surface area contributed by atoms with Crippen LogP contribution in [0.15, 0.2) is 12.1 Å². The molecule has 0 saturated carbocycles. The summed E-state index contributed by atoms with van der Waals surface area (Å²) in [4.78, 5) is 0.